The second-order valence-corrected chi connectivity index (χ2v) is 8.28. The van der Waals surface area contributed by atoms with E-state index in [0.29, 0.717) is 23.8 Å². The van der Waals surface area contributed by atoms with Crippen LogP contribution in [0.5, 0.6) is 0 Å². The first-order chi connectivity index (χ1) is 11.7. The van der Waals surface area contributed by atoms with E-state index in [1.807, 2.05) is 25.7 Å². The number of sulfonamides is 1. The van der Waals surface area contributed by atoms with Crippen molar-refractivity contribution in [3.63, 3.8) is 0 Å². The van der Waals surface area contributed by atoms with E-state index in [1.165, 1.54) is 6.07 Å². The van der Waals surface area contributed by atoms with Gasteiger partial charge in [0.25, 0.3) is 10.0 Å². The molecule has 1 aromatic rings. The molecule has 7 heteroatoms. The molecule has 0 fully saturated rings. The number of hydrogen-bond acceptors (Lipinski definition) is 4. The van der Waals surface area contributed by atoms with Crippen molar-refractivity contribution in [2.45, 2.75) is 52.4 Å². The second kappa shape index (κ2) is 7.56. The van der Waals surface area contributed by atoms with Crippen LogP contribution in [0.3, 0.4) is 0 Å². The second-order valence-electron chi connectivity index (χ2n) is 6.71. The standard InChI is InChI=1S/C18H27N3O3S/c1-6-10-21-15-9-8-14(19-18(22)12(3)4)11-16(15)25(23,24)20-17(21)13(5)7-2/h8-9,11-13H,6-7,10H2,1-5H3,(H,19,22)/t13-/m0/s1. The minimum absolute atomic E-state index is 0.0507. The van der Waals surface area contributed by atoms with Gasteiger partial charge in [-0.2, -0.15) is 8.42 Å². The Balaban J connectivity index is 2.52. The molecule has 6 nitrogen and oxygen atoms in total. The molecule has 2 rings (SSSR count). The van der Waals surface area contributed by atoms with Crippen LogP contribution in [0.15, 0.2) is 27.5 Å². The highest BCUT2D eigenvalue weighted by Crippen LogP contribution is 2.35. The fourth-order valence-corrected chi connectivity index (χ4v) is 3.99. The molecule has 138 valence electrons. The van der Waals surface area contributed by atoms with E-state index in [4.69, 9.17) is 0 Å². The summed E-state index contributed by atoms with van der Waals surface area (Å²) in [6, 6.07) is 5.01. The van der Waals surface area contributed by atoms with Crippen molar-refractivity contribution in [1.29, 1.82) is 0 Å². The predicted molar refractivity (Wildman–Crippen MR) is 102 cm³/mol. The first kappa shape index (κ1) is 19.4. The highest BCUT2D eigenvalue weighted by molar-refractivity contribution is 7.90. The summed E-state index contributed by atoms with van der Waals surface area (Å²) in [4.78, 5) is 14.0. The molecular formula is C18H27N3O3S. The maximum atomic E-state index is 12.7. The quantitative estimate of drug-likeness (QED) is 0.835. The topological polar surface area (TPSA) is 78.8 Å². The van der Waals surface area contributed by atoms with Crippen LogP contribution in [0, 0.1) is 11.8 Å². The third-order valence-electron chi connectivity index (χ3n) is 4.31. The Kier molecular flexibility index (Phi) is 5.87. The highest BCUT2D eigenvalue weighted by Gasteiger charge is 2.32. The molecule has 0 unspecified atom stereocenters. The van der Waals surface area contributed by atoms with Crippen molar-refractivity contribution in [1.82, 2.24) is 0 Å². The molecule has 1 aliphatic heterocycles. The van der Waals surface area contributed by atoms with Crippen molar-refractivity contribution >= 4 is 33.1 Å². The van der Waals surface area contributed by atoms with Crippen molar-refractivity contribution in [2.75, 3.05) is 16.8 Å². The Morgan fingerprint density at radius 2 is 1.92 bits per heavy atom. The zero-order valence-corrected chi connectivity index (χ0v) is 16.4. The average molecular weight is 365 g/mol. The number of rotatable bonds is 6. The largest absolute Gasteiger partial charge is 0.328 e. The molecule has 1 heterocycles. The molecule has 25 heavy (non-hydrogen) atoms. The molecule has 1 N–H and O–H groups in total. The molecular weight excluding hydrogens is 338 g/mol. The molecule has 1 aliphatic rings. The molecule has 0 bridgehead atoms. The molecule has 1 atom stereocenters. The molecule has 0 radical (unpaired) electrons. The number of anilines is 2. The number of carbonyl (C=O) groups is 1. The van der Waals surface area contributed by atoms with Gasteiger partial charge < -0.3 is 10.2 Å². The predicted octanol–water partition coefficient (Wildman–Crippen LogP) is 3.64. The first-order valence-electron chi connectivity index (χ1n) is 8.78. The number of nitrogens with one attached hydrogen (secondary N) is 1. The zero-order chi connectivity index (χ0) is 18.8. The van der Waals surface area contributed by atoms with Gasteiger partial charge in [0.1, 0.15) is 10.7 Å². The fourth-order valence-electron chi connectivity index (χ4n) is 2.65. The van der Waals surface area contributed by atoms with E-state index in [2.05, 4.69) is 9.71 Å². The SMILES string of the molecule is CCCN1C([C@@H](C)CC)=NS(=O)(=O)c2cc(NC(=O)C(C)C)ccc21. The lowest BCUT2D eigenvalue weighted by Crippen LogP contribution is -2.40. The van der Waals surface area contributed by atoms with Gasteiger partial charge >= 0.3 is 0 Å². The maximum absolute atomic E-state index is 12.7. The van der Waals surface area contributed by atoms with Crippen molar-refractivity contribution in [3.8, 4) is 0 Å². The van der Waals surface area contributed by atoms with Gasteiger partial charge in [0.15, 0.2) is 0 Å². The normalized spacial score (nSPS) is 17.0. The van der Waals surface area contributed by atoms with Gasteiger partial charge in [-0.1, -0.05) is 34.6 Å². The van der Waals surface area contributed by atoms with Crippen LogP contribution in [-0.4, -0.2) is 26.7 Å². The number of carbonyl (C=O) groups excluding carboxylic acids is 1. The fraction of sp³-hybridized carbons (Fsp3) is 0.556. The van der Waals surface area contributed by atoms with Gasteiger partial charge in [0.2, 0.25) is 5.91 Å². The van der Waals surface area contributed by atoms with Crippen LogP contribution in [0.1, 0.15) is 47.5 Å². The zero-order valence-electron chi connectivity index (χ0n) is 15.5. The lowest BCUT2D eigenvalue weighted by atomic mass is 10.1. The van der Waals surface area contributed by atoms with Crippen LogP contribution in [0.4, 0.5) is 11.4 Å². The lowest BCUT2D eigenvalue weighted by molar-refractivity contribution is -0.118. The summed E-state index contributed by atoms with van der Waals surface area (Å²) in [7, 11) is -3.78. The van der Waals surface area contributed by atoms with E-state index in [-0.39, 0.29) is 22.6 Å². The molecule has 0 aliphatic carbocycles. The maximum Gasteiger partial charge on any atom is 0.286 e. The summed E-state index contributed by atoms with van der Waals surface area (Å²) in [6.07, 6.45) is 1.69. The molecule has 0 spiro atoms. The van der Waals surface area contributed by atoms with Crippen molar-refractivity contribution in [2.24, 2.45) is 16.2 Å². The number of hydrogen-bond donors (Lipinski definition) is 1. The third kappa shape index (κ3) is 4.03. The summed E-state index contributed by atoms with van der Waals surface area (Å²) in [6.45, 7) is 10.3. The van der Waals surface area contributed by atoms with Crippen LogP contribution >= 0.6 is 0 Å². The summed E-state index contributed by atoms with van der Waals surface area (Å²) in [5, 5.41) is 2.75. The van der Waals surface area contributed by atoms with Crippen molar-refractivity contribution < 1.29 is 13.2 Å². The van der Waals surface area contributed by atoms with Gasteiger partial charge in [0.05, 0.1) is 5.69 Å². The Morgan fingerprint density at radius 3 is 2.48 bits per heavy atom. The highest BCUT2D eigenvalue weighted by atomic mass is 32.2. The van der Waals surface area contributed by atoms with Gasteiger partial charge in [-0.25, -0.2) is 0 Å². The van der Waals surface area contributed by atoms with Crippen LogP contribution in [0.2, 0.25) is 0 Å². The van der Waals surface area contributed by atoms with Gasteiger partial charge in [-0.15, -0.1) is 4.40 Å². The molecule has 0 saturated carbocycles. The monoisotopic (exact) mass is 365 g/mol. The minimum atomic E-state index is -3.78. The summed E-state index contributed by atoms with van der Waals surface area (Å²) >= 11 is 0. The summed E-state index contributed by atoms with van der Waals surface area (Å²) in [5.41, 5.74) is 1.11. The molecule has 1 aromatic carbocycles. The first-order valence-corrected chi connectivity index (χ1v) is 10.2. The third-order valence-corrected chi connectivity index (χ3v) is 5.62. The van der Waals surface area contributed by atoms with Crippen LogP contribution < -0.4 is 10.2 Å². The van der Waals surface area contributed by atoms with Gasteiger partial charge in [0, 0.05) is 24.1 Å². The van der Waals surface area contributed by atoms with E-state index in [0.717, 1.165) is 12.8 Å². The number of benzene rings is 1. The Labute approximate surface area is 150 Å². The van der Waals surface area contributed by atoms with Crippen molar-refractivity contribution in [3.05, 3.63) is 18.2 Å². The molecule has 1 amide bonds. The average Bonchev–Trinajstić information content (AvgIpc) is 2.56. The number of amidine groups is 1. The Morgan fingerprint density at radius 1 is 1.24 bits per heavy atom. The minimum Gasteiger partial charge on any atom is -0.328 e. The van der Waals surface area contributed by atoms with Crippen LogP contribution in [-0.2, 0) is 14.8 Å². The van der Waals surface area contributed by atoms with E-state index < -0.39 is 10.0 Å². The Hall–Kier alpha value is -1.89. The number of amides is 1. The smallest absolute Gasteiger partial charge is 0.286 e. The summed E-state index contributed by atoms with van der Waals surface area (Å²) < 4.78 is 29.5. The van der Waals surface area contributed by atoms with E-state index >= 15 is 0 Å². The lowest BCUT2D eigenvalue weighted by Gasteiger charge is -2.33. The summed E-state index contributed by atoms with van der Waals surface area (Å²) in [5.74, 6) is 0.312. The molecule has 0 aromatic heterocycles. The van der Waals surface area contributed by atoms with Crippen LogP contribution in [0.25, 0.3) is 0 Å². The number of nitrogens with zero attached hydrogens (tertiary/aromatic N) is 2. The van der Waals surface area contributed by atoms with E-state index in [1.54, 1.807) is 26.0 Å². The number of fused-ring (bicyclic) bond motifs is 1. The van der Waals surface area contributed by atoms with E-state index in [9.17, 15) is 13.2 Å². The van der Waals surface area contributed by atoms with Gasteiger partial charge in [-0.3, -0.25) is 4.79 Å². The molecule has 0 saturated heterocycles. The van der Waals surface area contributed by atoms with Gasteiger partial charge in [-0.05, 0) is 31.0 Å². The Bertz CT molecular complexity index is 785.